The lowest BCUT2D eigenvalue weighted by Gasteiger charge is -2.09. The molecule has 3 rings (SSSR count). The monoisotopic (exact) mass is 272 g/mol. The van der Waals surface area contributed by atoms with Gasteiger partial charge in [0.05, 0.1) is 12.2 Å². The summed E-state index contributed by atoms with van der Waals surface area (Å²) in [5.41, 5.74) is 0.622. The van der Waals surface area contributed by atoms with E-state index in [9.17, 15) is 4.79 Å². The van der Waals surface area contributed by atoms with Gasteiger partial charge < -0.3 is 10.6 Å². The summed E-state index contributed by atoms with van der Waals surface area (Å²) in [4.78, 5) is 20.0. The average molecular weight is 272 g/mol. The molecule has 0 unspecified atom stereocenters. The lowest BCUT2D eigenvalue weighted by Crippen LogP contribution is -2.29. The highest BCUT2D eigenvalue weighted by Gasteiger charge is 2.20. The van der Waals surface area contributed by atoms with Crippen molar-refractivity contribution >= 4 is 11.6 Å². The number of carbonyl (C=O) groups excluding carboxylic acids is 1. The van der Waals surface area contributed by atoms with Gasteiger partial charge in [0.25, 0.3) is 0 Å². The Hall–Kier alpha value is -2.28. The van der Waals surface area contributed by atoms with Crippen LogP contribution >= 0.6 is 0 Å². The maximum atomic E-state index is 11.9. The van der Waals surface area contributed by atoms with Crippen molar-refractivity contribution in [3.63, 3.8) is 0 Å². The fourth-order valence-electron chi connectivity index (χ4n) is 1.90. The van der Waals surface area contributed by atoms with Crippen LogP contribution in [0, 0.1) is 5.92 Å². The Labute approximate surface area is 116 Å². The molecule has 2 heterocycles. The lowest BCUT2D eigenvalue weighted by atomic mass is 10.3. The van der Waals surface area contributed by atoms with Crippen molar-refractivity contribution in [1.29, 1.82) is 0 Å². The van der Waals surface area contributed by atoms with Crippen LogP contribution in [0.5, 0.6) is 0 Å². The first-order valence-corrected chi connectivity index (χ1v) is 6.63. The highest BCUT2D eigenvalue weighted by Crippen LogP contribution is 2.27. The number of hydrogen-bond acceptors (Lipinski definition) is 5. The number of anilines is 1. The molecule has 1 saturated carbocycles. The Morgan fingerprint density at radius 3 is 3.10 bits per heavy atom. The molecule has 0 aliphatic heterocycles. The Balaban J connectivity index is 1.62. The smallest absolute Gasteiger partial charge is 0.238 e. The third kappa shape index (κ3) is 3.18. The molecule has 0 saturated heterocycles. The van der Waals surface area contributed by atoms with Gasteiger partial charge in [0.2, 0.25) is 5.91 Å². The minimum Gasteiger partial charge on any atom is -0.322 e. The van der Waals surface area contributed by atoms with Crippen LogP contribution in [0.3, 0.4) is 0 Å². The summed E-state index contributed by atoms with van der Waals surface area (Å²) < 4.78 is 1.52. The van der Waals surface area contributed by atoms with Gasteiger partial charge in [0.15, 0.2) is 5.82 Å². The minimum atomic E-state index is -0.0833. The number of carbonyl (C=O) groups is 1. The molecule has 1 amide bonds. The molecule has 0 bridgehead atoms. The molecule has 104 valence electrons. The van der Waals surface area contributed by atoms with E-state index in [4.69, 9.17) is 0 Å². The number of rotatable bonds is 6. The molecule has 0 radical (unpaired) electrons. The molecule has 0 atom stereocenters. The first kappa shape index (κ1) is 12.7. The lowest BCUT2D eigenvalue weighted by molar-refractivity contribution is -0.115. The topological polar surface area (TPSA) is 84.7 Å². The predicted octanol–water partition coefficient (Wildman–Crippen LogP) is 0.600. The fourth-order valence-corrected chi connectivity index (χ4v) is 1.90. The first-order valence-electron chi connectivity index (χ1n) is 6.63. The third-order valence-corrected chi connectivity index (χ3v) is 3.11. The highest BCUT2D eigenvalue weighted by atomic mass is 16.1. The van der Waals surface area contributed by atoms with Crippen molar-refractivity contribution in [3.05, 3.63) is 31.0 Å². The number of hydrogen-bond donors (Lipinski definition) is 2. The van der Waals surface area contributed by atoms with E-state index in [2.05, 4.69) is 25.7 Å². The van der Waals surface area contributed by atoms with E-state index in [1.807, 2.05) is 0 Å². The van der Waals surface area contributed by atoms with E-state index in [1.54, 1.807) is 24.7 Å². The maximum absolute atomic E-state index is 11.9. The zero-order valence-electron chi connectivity index (χ0n) is 11.0. The molecular weight excluding hydrogens is 256 g/mol. The largest absolute Gasteiger partial charge is 0.322 e. The number of nitrogens with one attached hydrogen (secondary N) is 2. The molecule has 0 aromatic carbocycles. The summed E-state index contributed by atoms with van der Waals surface area (Å²) in [7, 11) is 0. The second-order valence-electron chi connectivity index (χ2n) is 4.84. The summed E-state index contributed by atoms with van der Waals surface area (Å²) >= 11 is 0. The second kappa shape index (κ2) is 5.79. The molecule has 2 aromatic rings. The van der Waals surface area contributed by atoms with Crippen LogP contribution in [0.4, 0.5) is 5.69 Å². The van der Waals surface area contributed by atoms with Crippen LogP contribution in [0.2, 0.25) is 0 Å². The van der Waals surface area contributed by atoms with Gasteiger partial charge in [-0.15, -0.1) is 0 Å². The second-order valence-corrected chi connectivity index (χ2v) is 4.84. The van der Waals surface area contributed by atoms with Crippen molar-refractivity contribution in [1.82, 2.24) is 25.1 Å². The molecule has 7 heteroatoms. The predicted molar refractivity (Wildman–Crippen MR) is 73.4 cm³/mol. The summed E-state index contributed by atoms with van der Waals surface area (Å²) in [6.45, 7) is 1.22. The Bertz CT molecular complexity index is 578. The number of amides is 1. The van der Waals surface area contributed by atoms with Crippen LogP contribution in [0.25, 0.3) is 5.82 Å². The van der Waals surface area contributed by atoms with E-state index in [0.717, 1.165) is 12.5 Å². The Morgan fingerprint density at radius 2 is 2.35 bits per heavy atom. The minimum absolute atomic E-state index is 0.0833. The maximum Gasteiger partial charge on any atom is 0.238 e. The summed E-state index contributed by atoms with van der Waals surface area (Å²) in [6, 6.07) is 3.57. The molecular formula is C13H16N6O. The van der Waals surface area contributed by atoms with Crippen molar-refractivity contribution in [2.45, 2.75) is 12.8 Å². The molecule has 0 spiro atoms. The zero-order chi connectivity index (χ0) is 13.8. The van der Waals surface area contributed by atoms with Crippen LogP contribution in [0.1, 0.15) is 12.8 Å². The van der Waals surface area contributed by atoms with Gasteiger partial charge in [-0.2, -0.15) is 5.10 Å². The summed E-state index contributed by atoms with van der Waals surface area (Å²) in [6.07, 6.45) is 7.17. The highest BCUT2D eigenvalue weighted by molar-refractivity contribution is 5.93. The van der Waals surface area contributed by atoms with Gasteiger partial charge in [-0.05, 0) is 37.4 Å². The van der Waals surface area contributed by atoms with Crippen molar-refractivity contribution in [2.75, 3.05) is 18.4 Å². The van der Waals surface area contributed by atoms with Gasteiger partial charge in [0, 0.05) is 6.20 Å². The van der Waals surface area contributed by atoms with Crippen LogP contribution in [-0.4, -0.2) is 38.7 Å². The van der Waals surface area contributed by atoms with E-state index < -0.39 is 0 Å². The number of pyridine rings is 1. The van der Waals surface area contributed by atoms with Crippen molar-refractivity contribution in [3.8, 4) is 5.82 Å². The van der Waals surface area contributed by atoms with Gasteiger partial charge in [-0.25, -0.2) is 14.6 Å². The molecule has 2 aromatic heterocycles. The van der Waals surface area contributed by atoms with Gasteiger partial charge in [-0.3, -0.25) is 4.79 Å². The SMILES string of the molecule is O=C(CNCC1CC1)Nc1cccnc1-n1cncn1. The molecule has 20 heavy (non-hydrogen) atoms. The van der Waals surface area contributed by atoms with Crippen LogP contribution in [-0.2, 0) is 4.79 Å². The van der Waals surface area contributed by atoms with E-state index in [-0.39, 0.29) is 5.91 Å². The molecule has 1 aliphatic carbocycles. The van der Waals surface area contributed by atoms with Gasteiger partial charge >= 0.3 is 0 Å². The van der Waals surface area contributed by atoms with Crippen molar-refractivity contribution in [2.24, 2.45) is 5.92 Å². The van der Waals surface area contributed by atoms with Gasteiger partial charge in [-0.1, -0.05) is 0 Å². The van der Waals surface area contributed by atoms with E-state index in [0.29, 0.717) is 18.1 Å². The molecule has 1 fully saturated rings. The summed E-state index contributed by atoms with van der Waals surface area (Å²) in [5.74, 6) is 1.23. The van der Waals surface area contributed by atoms with E-state index >= 15 is 0 Å². The van der Waals surface area contributed by atoms with Crippen LogP contribution in [0.15, 0.2) is 31.0 Å². The molecule has 1 aliphatic rings. The number of nitrogens with zero attached hydrogens (tertiary/aromatic N) is 4. The Morgan fingerprint density at radius 1 is 1.45 bits per heavy atom. The standard InChI is InChI=1S/C13H16N6O/c20-12(7-14-6-10-3-4-10)18-11-2-1-5-16-13(11)19-9-15-8-17-19/h1-2,5,8-10,14H,3-4,6-7H2,(H,18,20). The number of aromatic nitrogens is 4. The first-order chi connectivity index (χ1) is 9.83. The van der Waals surface area contributed by atoms with Crippen LogP contribution < -0.4 is 10.6 Å². The fraction of sp³-hybridized carbons (Fsp3) is 0.385. The zero-order valence-corrected chi connectivity index (χ0v) is 11.0. The molecule has 2 N–H and O–H groups in total. The summed E-state index contributed by atoms with van der Waals surface area (Å²) in [5, 5.41) is 10.0. The average Bonchev–Trinajstić information content (AvgIpc) is 3.11. The molecule has 7 nitrogen and oxygen atoms in total. The quantitative estimate of drug-likeness (QED) is 0.804. The van der Waals surface area contributed by atoms with E-state index in [1.165, 1.54) is 23.9 Å². The Kier molecular flexibility index (Phi) is 3.69. The van der Waals surface area contributed by atoms with Crippen molar-refractivity contribution < 1.29 is 4.79 Å². The third-order valence-electron chi connectivity index (χ3n) is 3.11. The van der Waals surface area contributed by atoms with Gasteiger partial charge in [0.1, 0.15) is 12.7 Å². The normalized spacial score (nSPS) is 14.2.